The van der Waals surface area contributed by atoms with Crippen molar-refractivity contribution >= 4 is 27.7 Å². The van der Waals surface area contributed by atoms with E-state index in [1.165, 1.54) is 36.7 Å². The molecule has 1 amide bonds. The molecule has 0 spiro atoms. The van der Waals surface area contributed by atoms with Gasteiger partial charge in [0.1, 0.15) is 5.75 Å². The van der Waals surface area contributed by atoms with Crippen LogP contribution in [0.3, 0.4) is 0 Å². The quantitative estimate of drug-likeness (QED) is 0.594. The Labute approximate surface area is 193 Å². The van der Waals surface area contributed by atoms with Crippen molar-refractivity contribution in [2.45, 2.75) is 11.8 Å². The lowest BCUT2D eigenvalue weighted by Crippen LogP contribution is -2.40. The molecule has 1 aliphatic heterocycles. The summed E-state index contributed by atoms with van der Waals surface area (Å²) >= 11 is 0. The second-order valence-corrected chi connectivity index (χ2v) is 9.06. The number of hydrogen-bond acceptors (Lipinski definition) is 7. The molecule has 0 unspecified atom stereocenters. The Balaban J connectivity index is 1.73. The van der Waals surface area contributed by atoms with Crippen LogP contribution in [0, 0.1) is 0 Å². The third-order valence-electron chi connectivity index (χ3n) is 4.96. The Morgan fingerprint density at radius 3 is 2.42 bits per heavy atom. The van der Waals surface area contributed by atoms with Gasteiger partial charge in [-0.05, 0) is 42.8 Å². The van der Waals surface area contributed by atoms with Crippen LogP contribution < -0.4 is 19.5 Å². The van der Waals surface area contributed by atoms with Crippen molar-refractivity contribution in [3.63, 3.8) is 0 Å². The maximum atomic E-state index is 13.0. The maximum Gasteiger partial charge on any atom is 0.262 e. The van der Waals surface area contributed by atoms with Gasteiger partial charge in [0, 0.05) is 13.1 Å². The van der Waals surface area contributed by atoms with Crippen molar-refractivity contribution < 1.29 is 32.2 Å². The van der Waals surface area contributed by atoms with Crippen LogP contribution >= 0.6 is 0 Å². The van der Waals surface area contributed by atoms with Crippen LogP contribution in [0.5, 0.6) is 17.2 Å². The first-order chi connectivity index (χ1) is 15.9. The van der Waals surface area contributed by atoms with Crippen molar-refractivity contribution in [3.8, 4) is 17.2 Å². The number of methoxy groups -OCH3 is 2. The zero-order chi connectivity index (χ0) is 23.8. The molecule has 0 saturated carbocycles. The van der Waals surface area contributed by atoms with Gasteiger partial charge in [-0.1, -0.05) is 18.2 Å². The fourth-order valence-electron chi connectivity index (χ4n) is 3.31. The van der Waals surface area contributed by atoms with Crippen LogP contribution in [0.2, 0.25) is 0 Å². The lowest BCUT2D eigenvalue weighted by Gasteiger charge is -2.26. The van der Waals surface area contributed by atoms with E-state index in [2.05, 4.69) is 5.32 Å². The molecule has 2 aromatic carbocycles. The van der Waals surface area contributed by atoms with Crippen molar-refractivity contribution in [2.24, 2.45) is 0 Å². The number of ether oxygens (including phenoxy) is 4. The number of nitrogens with one attached hydrogen (secondary N) is 1. The number of carbonyl (C=O) groups excluding carboxylic acids is 1. The highest BCUT2D eigenvalue weighted by molar-refractivity contribution is 7.89. The molecule has 1 aliphatic rings. The average molecular weight is 477 g/mol. The van der Waals surface area contributed by atoms with Crippen molar-refractivity contribution in [1.29, 1.82) is 0 Å². The van der Waals surface area contributed by atoms with E-state index in [9.17, 15) is 13.2 Å². The van der Waals surface area contributed by atoms with Crippen molar-refractivity contribution in [3.05, 3.63) is 48.0 Å². The molecule has 10 heteroatoms. The van der Waals surface area contributed by atoms with Crippen LogP contribution in [0.4, 0.5) is 5.69 Å². The predicted octanol–water partition coefficient (Wildman–Crippen LogP) is 2.78. The zero-order valence-corrected chi connectivity index (χ0v) is 19.7. The summed E-state index contributed by atoms with van der Waals surface area (Å²) in [5.41, 5.74) is 1.17. The fourth-order valence-corrected chi connectivity index (χ4v) is 4.75. The second-order valence-electron chi connectivity index (χ2n) is 7.13. The van der Waals surface area contributed by atoms with Gasteiger partial charge >= 0.3 is 0 Å². The standard InChI is InChI=1S/C23H28N2O7S/c1-4-5-17-6-8-21(22(14-17)30-3)32-16-23(26)24-19-15-18(7-9-20(19)29-2)33(27,28)25-10-12-31-13-11-25/h4-9,14-15H,10-13,16H2,1-3H3,(H,24,26)/b5-4+. The molecular weight excluding hydrogens is 448 g/mol. The van der Waals surface area contributed by atoms with Gasteiger partial charge in [0.05, 0.1) is 38.0 Å². The zero-order valence-electron chi connectivity index (χ0n) is 18.9. The summed E-state index contributed by atoms with van der Waals surface area (Å²) in [6.07, 6.45) is 3.83. The Kier molecular flexibility index (Phi) is 8.32. The van der Waals surface area contributed by atoms with Gasteiger partial charge < -0.3 is 24.3 Å². The molecule has 33 heavy (non-hydrogen) atoms. The molecular formula is C23H28N2O7S. The number of allylic oxidation sites excluding steroid dienone is 1. The van der Waals surface area contributed by atoms with Gasteiger partial charge in [-0.2, -0.15) is 4.31 Å². The molecule has 3 rings (SSSR count). The normalized spacial score (nSPS) is 14.8. The molecule has 0 atom stereocenters. The third kappa shape index (κ3) is 6.04. The number of nitrogens with zero attached hydrogens (tertiary/aromatic N) is 1. The monoisotopic (exact) mass is 476 g/mol. The Bertz CT molecular complexity index is 1110. The number of amides is 1. The Morgan fingerprint density at radius 1 is 1.06 bits per heavy atom. The summed E-state index contributed by atoms with van der Waals surface area (Å²) in [5, 5.41) is 2.67. The molecule has 0 aliphatic carbocycles. The molecule has 1 N–H and O–H groups in total. The van der Waals surface area contributed by atoms with E-state index >= 15 is 0 Å². The summed E-state index contributed by atoms with van der Waals surface area (Å²) in [4.78, 5) is 12.6. The SMILES string of the molecule is C/C=C/c1ccc(OCC(=O)Nc2cc(S(=O)(=O)N3CCOCC3)ccc2OC)c(OC)c1. The van der Waals surface area contributed by atoms with Gasteiger partial charge in [0.2, 0.25) is 10.0 Å². The van der Waals surface area contributed by atoms with E-state index in [0.29, 0.717) is 30.5 Å². The predicted molar refractivity (Wildman–Crippen MR) is 124 cm³/mol. The van der Waals surface area contributed by atoms with Crippen molar-refractivity contribution in [1.82, 2.24) is 4.31 Å². The number of hydrogen-bond donors (Lipinski definition) is 1. The van der Waals surface area contributed by atoms with Gasteiger partial charge in [0.15, 0.2) is 18.1 Å². The molecule has 0 radical (unpaired) electrons. The first kappa shape index (κ1) is 24.6. The summed E-state index contributed by atoms with van der Waals surface area (Å²) < 4.78 is 48.7. The molecule has 1 saturated heterocycles. The van der Waals surface area contributed by atoms with Crippen LogP contribution in [0.25, 0.3) is 6.08 Å². The van der Waals surface area contributed by atoms with Gasteiger partial charge in [-0.15, -0.1) is 0 Å². The molecule has 0 aromatic heterocycles. The molecule has 2 aromatic rings. The number of rotatable bonds is 9. The highest BCUT2D eigenvalue weighted by Crippen LogP contribution is 2.30. The number of morpholine rings is 1. The smallest absolute Gasteiger partial charge is 0.262 e. The topological polar surface area (TPSA) is 103 Å². The third-order valence-corrected chi connectivity index (χ3v) is 6.85. The van der Waals surface area contributed by atoms with E-state index < -0.39 is 15.9 Å². The van der Waals surface area contributed by atoms with E-state index in [-0.39, 0.29) is 30.3 Å². The van der Waals surface area contributed by atoms with E-state index in [1.807, 2.05) is 25.1 Å². The highest BCUT2D eigenvalue weighted by atomic mass is 32.2. The Morgan fingerprint density at radius 2 is 1.76 bits per heavy atom. The lowest BCUT2D eigenvalue weighted by molar-refractivity contribution is -0.118. The van der Waals surface area contributed by atoms with Gasteiger partial charge in [0.25, 0.3) is 5.91 Å². The highest BCUT2D eigenvalue weighted by Gasteiger charge is 2.27. The summed E-state index contributed by atoms with van der Waals surface area (Å²) in [6, 6.07) is 9.71. The first-order valence-corrected chi connectivity index (χ1v) is 11.8. The van der Waals surface area contributed by atoms with Gasteiger partial charge in [-0.3, -0.25) is 4.79 Å². The van der Waals surface area contributed by atoms with E-state index in [4.69, 9.17) is 18.9 Å². The lowest BCUT2D eigenvalue weighted by atomic mass is 10.2. The minimum absolute atomic E-state index is 0.0580. The number of carbonyl (C=O) groups is 1. The average Bonchev–Trinajstić information content (AvgIpc) is 2.83. The fraction of sp³-hybridized carbons (Fsp3) is 0.348. The van der Waals surface area contributed by atoms with E-state index in [1.54, 1.807) is 12.1 Å². The maximum absolute atomic E-state index is 13.0. The minimum atomic E-state index is -3.73. The van der Waals surface area contributed by atoms with Crippen LogP contribution in [0.15, 0.2) is 47.4 Å². The summed E-state index contributed by atoms with van der Waals surface area (Å²) in [6.45, 7) is 2.85. The molecule has 9 nitrogen and oxygen atoms in total. The molecule has 1 heterocycles. The number of anilines is 1. The Hall–Kier alpha value is -3.08. The number of benzene rings is 2. The van der Waals surface area contributed by atoms with Crippen molar-refractivity contribution in [2.75, 3.05) is 52.4 Å². The largest absolute Gasteiger partial charge is 0.495 e. The van der Waals surface area contributed by atoms with Crippen LogP contribution in [0.1, 0.15) is 12.5 Å². The first-order valence-electron chi connectivity index (χ1n) is 10.4. The van der Waals surface area contributed by atoms with Crippen LogP contribution in [-0.2, 0) is 19.6 Å². The molecule has 1 fully saturated rings. The minimum Gasteiger partial charge on any atom is -0.495 e. The van der Waals surface area contributed by atoms with E-state index in [0.717, 1.165) is 5.56 Å². The number of sulfonamides is 1. The molecule has 0 bridgehead atoms. The molecule has 178 valence electrons. The summed E-state index contributed by atoms with van der Waals surface area (Å²) in [5.74, 6) is 0.762. The second kappa shape index (κ2) is 11.2. The van der Waals surface area contributed by atoms with Crippen LogP contribution in [-0.4, -0.2) is 65.8 Å². The summed E-state index contributed by atoms with van der Waals surface area (Å²) in [7, 11) is -0.765. The van der Waals surface area contributed by atoms with Gasteiger partial charge in [-0.25, -0.2) is 8.42 Å².